The zero-order valence-electron chi connectivity index (χ0n) is 14.3. The zero-order chi connectivity index (χ0) is 16.9. The van der Waals surface area contributed by atoms with Gasteiger partial charge in [0.25, 0.3) is 0 Å². The summed E-state index contributed by atoms with van der Waals surface area (Å²) in [6.07, 6.45) is 6.76. The minimum Gasteiger partial charge on any atom is -0.393 e. The number of hydrogen-bond donors (Lipinski definition) is 3. The number of rotatable bonds is 5. The van der Waals surface area contributed by atoms with Crippen LogP contribution in [-0.4, -0.2) is 28.4 Å². The number of anilines is 1. The van der Waals surface area contributed by atoms with Crippen molar-refractivity contribution in [1.82, 2.24) is 9.88 Å². The number of benzene rings is 1. The Morgan fingerprint density at radius 1 is 1.33 bits per heavy atom. The number of aryl methyl sites for hydroxylation is 1. The Labute approximate surface area is 143 Å². The van der Waals surface area contributed by atoms with Crippen molar-refractivity contribution in [2.75, 3.05) is 11.9 Å². The highest BCUT2D eigenvalue weighted by molar-refractivity contribution is 5.92. The van der Waals surface area contributed by atoms with Gasteiger partial charge in [0.2, 0.25) is 0 Å². The maximum atomic E-state index is 12.1. The lowest BCUT2D eigenvalue weighted by atomic mass is 9.87. The average molecular weight is 329 g/mol. The molecule has 3 rings (SSSR count). The van der Waals surface area contributed by atoms with Crippen LogP contribution in [0.2, 0.25) is 0 Å². The van der Waals surface area contributed by atoms with Crippen LogP contribution < -0.4 is 10.6 Å². The van der Waals surface area contributed by atoms with Crippen LogP contribution >= 0.6 is 0 Å². The van der Waals surface area contributed by atoms with Crippen molar-refractivity contribution in [3.05, 3.63) is 30.5 Å². The predicted octanol–water partition coefficient (Wildman–Crippen LogP) is 3.72. The Bertz CT molecular complexity index is 695. The molecule has 1 aromatic heterocycles. The molecule has 5 heteroatoms. The number of urea groups is 1. The lowest BCUT2D eigenvalue weighted by molar-refractivity contribution is 0.101. The molecule has 5 nitrogen and oxygen atoms in total. The number of amides is 2. The molecule has 0 aliphatic heterocycles. The number of nitrogens with zero attached hydrogens (tertiary/aromatic N) is 1. The molecule has 1 saturated carbocycles. The molecular weight excluding hydrogens is 302 g/mol. The summed E-state index contributed by atoms with van der Waals surface area (Å²) in [5.41, 5.74) is 1.95. The van der Waals surface area contributed by atoms with E-state index in [9.17, 15) is 9.90 Å². The van der Waals surface area contributed by atoms with Crippen LogP contribution in [0.1, 0.15) is 39.0 Å². The molecule has 2 aromatic rings. The molecule has 0 radical (unpaired) electrons. The van der Waals surface area contributed by atoms with Gasteiger partial charge < -0.3 is 20.3 Å². The molecule has 3 N–H and O–H groups in total. The standard InChI is InChI=1S/C19H27N3O2/c1-2-9-22-10-8-15-6-7-16(12-18(15)22)21-19(24)20-13-14-4-3-5-17(23)11-14/h6-8,10,12,14,17,23H,2-5,9,11,13H2,1H3,(H2,20,21,24). The third-order valence-corrected chi connectivity index (χ3v) is 4.80. The Kier molecular flexibility index (Phi) is 5.41. The lowest BCUT2D eigenvalue weighted by Crippen LogP contribution is -2.35. The van der Waals surface area contributed by atoms with Gasteiger partial charge in [-0.1, -0.05) is 19.4 Å². The van der Waals surface area contributed by atoms with Gasteiger partial charge >= 0.3 is 6.03 Å². The number of nitrogens with one attached hydrogen (secondary N) is 2. The summed E-state index contributed by atoms with van der Waals surface area (Å²) in [5, 5.41) is 16.7. The third-order valence-electron chi connectivity index (χ3n) is 4.80. The van der Waals surface area contributed by atoms with E-state index in [0.29, 0.717) is 12.5 Å². The molecule has 1 heterocycles. The van der Waals surface area contributed by atoms with Crippen LogP contribution in [0.3, 0.4) is 0 Å². The van der Waals surface area contributed by atoms with Crippen LogP contribution in [0, 0.1) is 5.92 Å². The van der Waals surface area contributed by atoms with Crippen LogP contribution in [0.5, 0.6) is 0 Å². The van der Waals surface area contributed by atoms with E-state index in [1.807, 2.05) is 18.2 Å². The van der Waals surface area contributed by atoms with Crippen molar-refractivity contribution >= 4 is 22.6 Å². The van der Waals surface area contributed by atoms with E-state index in [1.54, 1.807) is 0 Å². The maximum Gasteiger partial charge on any atom is 0.319 e. The van der Waals surface area contributed by atoms with Crippen LogP contribution in [0.4, 0.5) is 10.5 Å². The number of carbonyl (C=O) groups is 1. The van der Waals surface area contributed by atoms with Gasteiger partial charge in [-0.2, -0.15) is 0 Å². The summed E-state index contributed by atoms with van der Waals surface area (Å²) >= 11 is 0. The second kappa shape index (κ2) is 7.71. The van der Waals surface area contributed by atoms with Crippen LogP contribution in [-0.2, 0) is 6.54 Å². The van der Waals surface area contributed by atoms with Gasteiger partial charge in [-0.05, 0) is 55.2 Å². The number of hydrogen-bond acceptors (Lipinski definition) is 2. The fourth-order valence-electron chi connectivity index (χ4n) is 3.56. The molecule has 0 bridgehead atoms. The van der Waals surface area contributed by atoms with E-state index in [4.69, 9.17) is 0 Å². The summed E-state index contributed by atoms with van der Waals surface area (Å²) < 4.78 is 2.21. The van der Waals surface area contributed by atoms with E-state index in [-0.39, 0.29) is 12.1 Å². The van der Waals surface area contributed by atoms with Gasteiger partial charge in [0.1, 0.15) is 0 Å². The SMILES string of the molecule is CCCn1ccc2ccc(NC(=O)NCC3CCCC(O)C3)cc21. The first-order chi connectivity index (χ1) is 11.7. The van der Waals surface area contributed by atoms with Crippen molar-refractivity contribution in [3.8, 4) is 0 Å². The maximum absolute atomic E-state index is 12.1. The topological polar surface area (TPSA) is 66.3 Å². The second-order valence-electron chi connectivity index (χ2n) is 6.80. The van der Waals surface area contributed by atoms with Gasteiger partial charge in [0, 0.05) is 25.0 Å². The van der Waals surface area contributed by atoms with Crippen LogP contribution in [0.15, 0.2) is 30.5 Å². The smallest absolute Gasteiger partial charge is 0.319 e. The van der Waals surface area contributed by atoms with Crippen molar-refractivity contribution in [3.63, 3.8) is 0 Å². The van der Waals surface area contributed by atoms with Gasteiger partial charge in [-0.3, -0.25) is 0 Å². The van der Waals surface area contributed by atoms with E-state index in [0.717, 1.165) is 49.9 Å². The van der Waals surface area contributed by atoms with Gasteiger partial charge in [0.15, 0.2) is 0 Å². The first-order valence-corrected chi connectivity index (χ1v) is 8.97. The first kappa shape index (κ1) is 16.8. The largest absolute Gasteiger partial charge is 0.393 e. The fourth-order valence-corrected chi connectivity index (χ4v) is 3.56. The van der Waals surface area contributed by atoms with E-state index in [2.05, 4.69) is 34.4 Å². The normalized spacial score (nSPS) is 20.9. The van der Waals surface area contributed by atoms with Crippen molar-refractivity contribution < 1.29 is 9.90 Å². The molecule has 2 amide bonds. The molecule has 1 fully saturated rings. The number of fused-ring (bicyclic) bond motifs is 1. The van der Waals surface area contributed by atoms with Crippen molar-refractivity contribution in [2.24, 2.45) is 5.92 Å². The fraction of sp³-hybridized carbons (Fsp3) is 0.526. The molecule has 2 unspecified atom stereocenters. The molecule has 1 aliphatic rings. The number of aromatic nitrogens is 1. The summed E-state index contributed by atoms with van der Waals surface area (Å²) in [5.74, 6) is 0.378. The summed E-state index contributed by atoms with van der Waals surface area (Å²) in [6.45, 7) is 3.75. The Balaban J connectivity index is 1.57. The molecule has 1 aliphatic carbocycles. The lowest BCUT2D eigenvalue weighted by Gasteiger charge is -2.25. The van der Waals surface area contributed by atoms with E-state index < -0.39 is 0 Å². The van der Waals surface area contributed by atoms with Crippen molar-refractivity contribution in [2.45, 2.75) is 51.7 Å². The molecule has 0 spiro atoms. The number of aliphatic hydroxyl groups excluding tert-OH is 1. The highest BCUT2D eigenvalue weighted by atomic mass is 16.3. The van der Waals surface area contributed by atoms with Gasteiger partial charge in [-0.25, -0.2) is 4.79 Å². The zero-order valence-corrected chi connectivity index (χ0v) is 14.3. The molecule has 24 heavy (non-hydrogen) atoms. The Hall–Kier alpha value is -2.01. The highest BCUT2D eigenvalue weighted by Gasteiger charge is 2.20. The monoisotopic (exact) mass is 329 g/mol. The van der Waals surface area contributed by atoms with Gasteiger partial charge in [-0.15, -0.1) is 0 Å². The molecule has 1 aromatic carbocycles. The van der Waals surface area contributed by atoms with Gasteiger partial charge in [0.05, 0.1) is 11.6 Å². The third kappa shape index (κ3) is 4.09. The average Bonchev–Trinajstić information content (AvgIpc) is 2.96. The predicted molar refractivity (Wildman–Crippen MR) is 97.2 cm³/mol. The summed E-state index contributed by atoms with van der Waals surface area (Å²) in [7, 11) is 0. The second-order valence-corrected chi connectivity index (χ2v) is 6.80. The minimum atomic E-state index is -0.206. The quantitative estimate of drug-likeness (QED) is 0.782. The molecule has 0 saturated heterocycles. The summed E-state index contributed by atoms with van der Waals surface area (Å²) in [6, 6.07) is 7.91. The van der Waals surface area contributed by atoms with E-state index >= 15 is 0 Å². The van der Waals surface area contributed by atoms with Crippen molar-refractivity contribution in [1.29, 1.82) is 0 Å². The first-order valence-electron chi connectivity index (χ1n) is 8.97. The summed E-state index contributed by atoms with van der Waals surface area (Å²) in [4.78, 5) is 12.1. The Morgan fingerprint density at radius 2 is 2.21 bits per heavy atom. The number of aliphatic hydroxyl groups is 1. The van der Waals surface area contributed by atoms with E-state index in [1.165, 1.54) is 5.39 Å². The Morgan fingerprint density at radius 3 is 3.00 bits per heavy atom. The highest BCUT2D eigenvalue weighted by Crippen LogP contribution is 2.24. The van der Waals surface area contributed by atoms with Crippen LogP contribution in [0.25, 0.3) is 10.9 Å². The number of carbonyl (C=O) groups excluding carboxylic acids is 1. The molecular formula is C19H27N3O2. The molecule has 130 valence electrons. The molecule has 2 atom stereocenters. The minimum absolute atomic E-state index is 0.178.